The number of hydrogen-bond donors (Lipinski definition) is 3. The molecule has 0 bridgehead atoms. The average Bonchev–Trinajstić information content (AvgIpc) is 3.04. The third-order valence-electron chi connectivity index (χ3n) is 5.09. The van der Waals surface area contributed by atoms with Crippen LogP contribution in [-0.4, -0.2) is 66.4 Å². The van der Waals surface area contributed by atoms with Crippen LogP contribution in [0.5, 0.6) is 5.88 Å². The molecule has 152 valence electrons. The monoisotopic (exact) mass is 397 g/mol. The zero-order valence-electron chi connectivity index (χ0n) is 16.5. The third-order valence-corrected chi connectivity index (χ3v) is 5.09. The van der Waals surface area contributed by atoms with E-state index in [4.69, 9.17) is 5.73 Å². The van der Waals surface area contributed by atoms with Crippen molar-refractivity contribution in [3.8, 4) is 5.88 Å². The van der Waals surface area contributed by atoms with Crippen LogP contribution in [0.4, 0.5) is 22.2 Å². The number of carbonyl (C=O) groups excluding carboxylic acids is 1. The van der Waals surface area contributed by atoms with Gasteiger partial charge in [0.15, 0.2) is 5.65 Å². The van der Waals surface area contributed by atoms with Gasteiger partial charge in [-0.2, -0.15) is 15.1 Å². The topological polar surface area (TPSA) is 138 Å². The van der Waals surface area contributed by atoms with Gasteiger partial charge < -0.3 is 26.0 Å². The summed E-state index contributed by atoms with van der Waals surface area (Å²) in [4.78, 5) is 29.2. The van der Waals surface area contributed by atoms with Gasteiger partial charge in [0.1, 0.15) is 5.82 Å². The van der Waals surface area contributed by atoms with Gasteiger partial charge in [0.25, 0.3) is 0 Å². The van der Waals surface area contributed by atoms with Gasteiger partial charge in [-0.05, 0) is 19.9 Å². The number of amides is 2. The van der Waals surface area contributed by atoms with Gasteiger partial charge in [0, 0.05) is 38.8 Å². The lowest BCUT2D eigenvalue weighted by atomic mass is 10.2. The van der Waals surface area contributed by atoms with E-state index >= 15 is 0 Å². The van der Waals surface area contributed by atoms with E-state index in [-0.39, 0.29) is 23.9 Å². The van der Waals surface area contributed by atoms with Crippen molar-refractivity contribution in [1.82, 2.24) is 29.6 Å². The Labute approximate surface area is 167 Å². The number of aryl methyl sites for hydroxylation is 2. The second-order valence-corrected chi connectivity index (χ2v) is 7.13. The Morgan fingerprint density at radius 1 is 1.28 bits per heavy atom. The van der Waals surface area contributed by atoms with Crippen molar-refractivity contribution in [2.75, 3.05) is 35.6 Å². The van der Waals surface area contributed by atoms with Crippen LogP contribution >= 0.6 is 0 Å². The van der Waals surface area contributed by atoms with Crippen molar-refractivity contribution in [3.05, 3.63) is 24.0 Å². The lowest BCUT2D eigenvalue weighted by Crippen LogP contribution is -2.55. The highest BCUT2D eigenvalue weighted by molar-refractivity contribution is 5.91. The molecule has 0 spiro atoms. The first-order chi connectivity index (χ1) is 13.8. The molecule has 11 heteroatoms. The molecule has 0 aromatic carbocycles. The van der Waals surface area contributed by atoms with E-state index in [9.17, 15) is 9.90 Å². The van der Waals surface area contributed by atoms with E-state index in [0.29, 0.717) is 36.7 Å². The smallest absolute Gasteiger partial charge is 0.322 e. The van der Waals surface area contributed by atoms with Crippen molar-refractivity contribution >= 4 is 34.5 Å². The Bertz CT molecular complexity index is 1080. The quantitative estimate of drug-likeness (QED) is 0.584. The zero-order valence-corrected chi connectivity index (χ0v) is 16.5. The number of rotatable bonds is 2. The number of hydrogen-bond acceptors (Lipinski definition) is 8. The molecule has 0 aliphatic carbocycles. The summed E-state index contributed by atoms with van der Waals surface area (Å²) < 4.78 is 1.67. The zero-order chi connectivity index (χ0) is 20.7. The van der Waals surface area contributed by atoms with E-state index < -0.39 is 0 Å². The van der Waals surface area contributed by atoms with Crippen LogP contribution in [0.25, 0.3) is 11.0 Å². The molecule has 0 saturated carbocycles. The SMILES string of the molecule is Cc1nc(O)ccc1NC(=O)N1CCN(c2nc(N)nc3c2cnn3C)[C@@H](C)C1. The summed E-state index contributed by atoms with van der Waals surface area (Å²) in [7, 11) is 1.81. The summed E-state index contributed by atoms with van der Waals surface area (Å²) in [5.41, 5.74) is 7.71. The molecule has 4 N–H and O–H groups in total. The molecule has 1 fully saturated rings. The molecule has 1 saturated heterocycles. The number of urea groups is 1. The first-order valence-electron chi connectivity index (χ1n) is 9.28. The molecule has 0 radical (unpaired) electrons. The summed E-state index contributed by atoms with van der Waals surface area (Å²) in [6.07, 6.45) is 1.73. The summed E-state index contributed by atoms with van der Waals surface area (Å²) in [6, 6.07) is 2.90. The number of anilines is 3. The molecule has 11 nitrogen and oxygen atoms in total. The first kappa shape index (κ1) is 18.7. The van der Waals surface area contributed by atoms with Gasteiger partial charge in [0.05, 0.1) is 23.0 Å². The van der Waals surface area contributed by atoms with Crippen molar-refractivity contribution in [3.63, 3.8) is 0 Å². The normalized spacial score (nSPS) is 17.0. The standard InChI is InChI=1S/C18H23N9O2/c1-10-9-26(18(29)22-13-4-5-14(28)21-11(13)2)6-7-27(10)16-12-8-20-25(3)15(12)23-17(19)24-16/h4-5,8,10H,6-7,9H2,1-3H3,(H,21,28)(H,22,29)(H2,19,23,24)/t10-/m0/s1. The molecule has 2 amide bonds. The van der Waals surface area contributed by atoms with Gasteiger partial charge >= 0.3 is 6.03 Å². The number of aromatic hydroxyl groups is 1. The molecule has 1 aliphatic heterocycles. The number of piperazine rings is 1. The molecule has 3 aromatic rings. The molecule has 29 heavy (non-hydrogen) atoms. The number of fused-ring (bicyclic) bond motifs is 1. The Morgan fingerprint density at radius 3 is 2.79 bits per heavy atom. The lowest BCUT2D eigenvalue weighted by molar-refractivity contribution is 0.200. The molecular formula is C18H23N9O2. The van der Waals surface area contributed by atoms with Crippen LogP contribution < -0.4 is 16.0 Å². The third kappa shape index (κ3) is 3.46. The van der Waals surface area contributed by atoms with Crippen molar-refractivity contribution in [1.29, 1.82) is 0 Å². The van der Waals surface area contributed by atoms with E-state index in [1.165, 1.54) is 6.07 Å². The van der Waals surface area contributed by atoms with Crippen LogP contribution in [0.1, 0.15) is 12.6 Å². The Kier molecular flexibility index (Phi) is 4.57. The minimum atomic E-state index is -0.208. The van der Waals surface area contributed by atoms with Gasteiger partial charge in [-0.1, -0.05) is 0 Å². The summed E-state index contributed by atoms with van der Waals surface area (Å²) >= 11 is 0. The Hall–Kier alpha value is -3.63. The molecule has 4 rings (SSSR count). The van der Waals surface area contributed by atoms with Crippen molar-refractivity contribution < 1.29 is 9.90 Å². The highest BCUT2D eigenvalue weighted by atomic mass is 16.3. The number of nitrogens with zero attached hydrogens (tertiary/aromatic N) is 7. The summed E-state index contributed by atoms with van der Waals surface area (Å²) in [5.74, 6) is 0.846. The number of pyridine rings is 1. The number of aromatic nitrogens is 5. The molecule has 3 aromatic heterocycles. The van der Waals surface area contributed by atoms with Crippen molar-refractivity contribution in [2.45, 2.75) is 19.9 Å². The Balaban J connectivity index is 1.51. The maximum Gasteiger partial charge on any atom is 0.322 e. The second kappa shape index (κ2) is 7.08. The second-order valence-electron chi connectivity index (χ2n) is 7.13. The first-order valence-corrected chi connectivity index (χ1v) is 9.28. The van der Waals surface area contributed by atoms with Crippen LogP contribution in [0.3, 0.4) is 0 Å². The highest BCUT2D eigenvalue weighted by Gasteiger charge is 2.29. The lowest BCUT2D eigenvalue weighted by Gasteiger charge is -2.40. The van der Waals surface area contributed by atoms with Gasteiger partial charge in [0.2, 0.25) is 11.8 Å². The predicted molar refractivity (Wildman–Crippen MR) is 109 cm³/mol. The number of carbonyl (C=O) groups is 1. The summed E-state index contributed by atoms with van der Waals surface area (Å²) in [5, 5.41) is 17.4. The van der Waals surface area contributed by atoms with Gasteiger partial charge in [-0.25, -0.2) is 9.78 Å². The highest BCUT2D eigenvalue weighted by Crippen LogP contribution is 2.27. The molecule has 1 atom stereocenters. The minimum absolute atomic E-state index is 0.0197. The number of nitrogens with one attached hydrogen (secondary N) is 1. The molecular weight excluding hydrogens is 374 g/mol. The maximum absolute atomic E-state index is 12.7. The fraction of sp³-hybridized carbons (Fsp3) is 0.389. The molecule has 4 heterocycles. The van der Waals surface area contributed by atoms with Crippen LogP contribution in [0.15, 0.2) is 18.3 Å². The largest absolute Gasteiger partial charge is 0.493 e. The predicted octanol–water partition coefficient (Wildman–Crippen LogP) is 1.10. The van der Waals surface area contributed by atoms with Crippen LogP contribution in [-0.2, 0) is 7.05 Å². The van der Waals surface area contributed by atoms with Crippen molar-refractivity contribution in [2.24, 2.45) is 7.05 Å². The number of nitrogen functional groups attached to an aromatic ring is 1. The van der Waals surface area contributed by atoms with Gasteiger partial charge in [-0.15, -0.1) is 0 Å². The van der Waals surface area contributed by atoms with E-state index in [1.807, 2.05) is 14.0 Å². The van der Waals surface area contributed by atoms with Crippen LogP contribution in [0, 0.1) is 6.92 Å². The maximum atomic E-state index is 12.7. The van der Waals surface area contributed by atoms with E-state index in [1.54, 1.807) is 28.8 Å². The average molecular weight is 397 g/mol. The fourth-order valence-electron chi connectivity index (χ4n) is 3.57. The molecule has 0 unspecified atom stereocenters. The number of nitrogens with two attached hydrogens (primary N) is 1. The molecule has 1 aliphatic rings. The van der Waals surface area contributed by atoms with E-state index in [0.717, 1.165) is 11.2 Å². The fourth-order valence-corrected chi connectivity index (χ4v) is 3.57. The Morgan fingerprint density at radius 2 is 2.07 bits per heavy atom. The summed E-state index contributed by atoms with van der Waals surface area (Å²) in [6.45, 7) is 5.40. The minimum Gasteiger partial charge on any atom is -0.493 e. The van der Waals surface area contributed by atoms with Crippen LogP contribution in [0.2, 0.25) is 0 Å². The van der Waals surface area contributed by atoms with E-state index in [2.05, 4.69) is 30.3 Å². The van der Waals surface area contributed by atoms with Gasteiger partial charge in [-0.3, -0.25) is 4.68 Å².